The minimum Gasteiger partial charge on any atom is -0.306 e. The molecule has 3 rings (SSSR count). The van der Waals surface area contributed by atoms with Crippen LogP contribution in [0.2, 0.25) is 0 Å². The Morgan fingerprint density at radius 3 is 3.00 bits per heavy atom. The second-order valence-electron chi connectivity index (χ2n) is 4.33. The zero-order valence-electron chi connectivity index (χ0n) is 9.36. The highest BCUT2D eigenvalue weighted by molar-refractivity contribution is 7.10. The van der Waals surface area contributed by atoms with E-state index >= 15 is 0 Å². The fourth-order valence-electron chi connectivity index (χ4n) is 2.42. The Balaban J connectivity index is 2.04. The second-order valence-corrected chi connectivity index (χ2v) is 5.44. The lowest BCUT2D eigenvalue weighted by Gasteiger charge is -2.26. The molecule has 0 aliphatic carbocycles. The van der Waals surface area contributed by atoms with E-state index in [9.17, 15) is 0 Å². The molecule has 0 amide bonds. The van der Waals surface area contributed by atoms with E-state index < -0.39 is 0 Å². The second kappa shape index (κ2) is 4.04. The molecule has 0 saturated carbocycles. The Morgan fingerprint density at radius 1 is 1.31 bits per heavy atom. The molecular formula is C14H15NS. The standard InChI is InChI=1S/C14H15NS/c1-10-8-12(9-16-10)14-13-5-3-2-4-11(13)6-7-15-14/h2-5,8-9,14-15H,6-7H2,1H3. The molecule has 1 aromatic heterocycles. The number of hydrogen-bond donors (Lipinski definition) is 1. The van der Waals surface area contributed by atoms with Gasteiger partial charge in [0, 0.05) is 11.4 Å². The minimum absolute atomic E-state index is 0.398. The van der Waals surface area contributed by atoms with Crippen molar-refractivity contribution in [3.63, 3.8) is 0 Å². The van der Waals surface area contributed by atoms with Crippen molar-refractivity contribution in [2.24, 2.45) is 0 Å². The van der Waals surface area contributed by atoms with Gasteiger partial charge in [-0.15, -0.1) is 11.3 Å². The molecule has 1 nitrogen and oxygen atoms in total. The van der Waals surface area contributed by atoms with Crippen LogP contribution in [0.5, 0.6) is 0 Å². The molecule has 1 aliphatic rings. The first-order valence-corrected chi connectivity index (χ1v) is 6.59. The summed E-state index contributed by atoms with van der Waals surface area (Å²) in [4.78, 5) is 1.39. The molecule has 0 bridgehead atoms. The molecule has 1 unspecified atom stereocenters. The maximum Gasteiger partial charge on any atom is 0.0587 e. The van der Waals surface area contributed by atoms with Gasteiger partial charge in [0.25, 0.3) is 0 Å². The molecule has 1 aliphatic heterocycles. The molecule has 1 N–H and O–H groups in total. The van der Waals surface area contributed by atoms with Gasteiger partial charge in [0.2, 0.25) is 0 Å². The number of hydrogen-bond acceptors (Lipinski definition) is 2. The Morgan fingerprint density at radius 2 is 2.19 bits per heavy atom. The van der Waals surface area contributed by atoms with Crippen LogP contribution in [0.4, 0.5) is 0 Å². The van der Waals surface area contributed by atoms with E-state index in [2.05, 4.69) is 48.0 Å². The molecule has 0 radical (unpaired) electrons. The molecule has 2 aromatic rings. The van der Waals surface area contributed by atoms with Crippen molar-refractivity contribution in [1.29, 1.82) is 0 Å². The minimum atomic E-state index is 0.398. The van der Waals surface area contributed by atoms with Gasteiger partial charge in [0.05, 0.1) is 6.04 Å². The summed E-state index contributed by atoms with van der Waals surface area (Å²) in [5.41, 5.74) is 4.36. The highest BCUT2D eigenvalue weighted by Gasteiger charge is 2.21. The molecule has 0 spiro atoms. The summed E-state index contributed by atoms with van der Waals surface area (Å²) in [7, 11) is 0. The molecule has 82 valence electrons. The van der Waals surface area contributed by atoms with E-state index in [-0.39, 0.29) is 0 Å². The smallest absolute Gasteiger partial charge is 0.0587 e. The van der Waals surface area contributed by atoms with E-state index in [0.29, 0.717) is 6.04 Å². The van der Waals surface area contributed by atoms with Crippen LogP contribution in [0.15, 0.2) is 35.7 Å². The summed E-state index contributed by atoms with van der Waals surface area (Å²) in [6.45, 7) is 3.25. The van der Waals surface area contributed by atoms with E-state index in [1.54, 1.807) is 0 Å². The molecule has 2 heterocycles. The van der Waals surface area contributed by atoms with Crippen LogP contribution in [-0.4, -0.2) is 6.54 Å². The predicted molar refractivity (Wildman–Crippen MR) is 69.0 cm³/mol. The van der Waals surface area contributed by atoms with Gasteiger partial charge in [-0.25, -0.2) is 0 Å². The lowest BCUT2D eigenvalue weighted by Crippen LogP contribution is -2.30. The van der Waals surface area contributed by atoms with E-state index in [4.69, 9.17) is 0 Å². The number of benzene rings is 1. The van der Waals surface area contributed by atoms with Crippen molar-refractivity contribution < 1.29 is 0 Å². The SMILES string of the molecule is Cc1cc(C2NCCc3ccccc32)cs1. The maximum absolute atomic E-state index is 3.61. The van der Waals surface area contributed by atoms with Crippen molar-refractivity contribution in [2.45, 2.75) is 19.4 Å². The zero-order chi connectivity index (χ0) is 11.0. The first-order chi connectivity index (χ1) is 7.84. The Kier molecular flexibility index (Phi) is 2.54. The van der Waals surface area contributed by atoms with Gasteiger partial charge in [-0.05, 0) is 41.5 Å². The Hall–Kier alpha value is -1.12. The van der Waals surface area contributed by atoms with Gasteiger partial charge in [0.15, 0.2) is 0 Å². The first kappa shape index (κ1) is 10.1. The summed E-state index contributed by atoms with van der Waals surface area (Å²) < 4.78 is 0. The van der Waals surface area contributed by atoms with Crippen LogP contribution in [-0.2, 0) is 6.42 Å². The summed E-state index contributed by atoms with van der Waals surface area (Å²) >= 11 is 1.83. The fourth-order valence-corrected chi connectivity index (χ4v) is 3.15. The number of nitrogens with one attached hydrogen (secondary N) is 1. The van der Waals surface area contributed by atoms with Crippen molar-refractivity contribution in [3.05, 3.63) is 57.3 Å². The molecule has 2 heteroatoms. The van der Waals surface area contributed by atoms with Gasteiger partial charge in [-0.2, -0.15) is 0 Å². The van der Waals surface area contributed by atoms with Crippen molar-refractivity contribution in [3.8, 4) is 0 Å². The molecule has 16 heavy (non-hydrogen) atoms. The van der Waals surface area contributed by atoms with Crippen LogP contribution < -0.4 is 5.32 Å². The Labute approximate surface area is 100 Å². The average Bonchev–Trinajstić information content (AvgIpc) is 2.75. The monoisotopic (exact) mass is 229 g/mol. The molecule has 0 saturated heterocycles. The zero-order valence-corrected chi connectivity index (χ0v) is 10.2. The first-order valence-electron chi connectivity index (χ1n) is 5.71. The van der Waals surface area contributed by atoms with Crippen LogP contribution in [0.25, 0.3) is 0 Å². The number of aryl methyl sites for hydroxylation is 1. The lowest BCUT2D eigenvalue weighted by molar-refractivity contribution is 0.569. The Bertz CT molecular complexity index is 501. The summed E-state index contributed by atoms with van der Waals surface area (Å²) in [5.74, 6) is 0. The number of fused-ring (bicyclic) bond motifs is 1. The van der Waals surface area contributed by atoms with E-state index in [1.165, 1.54) is 21.6 Å². The number of rotatable bonds is 1. The van der Waals surface area contributed by atoms with Gasteiger partial charge in [-0.3, -0.25) is 0 Å². The van der Waals surface area contributed by atoms with Crippen molar-refractivity contribution in [2.75, 3.05) is 6.54 Å². The summed E-state index contributed by atoms with van der Waals surface area (Å²) in [5, 5.41) is 5.88. The van der Waals surface area contributed by atoms with E-state index in [0.717, 1.165) is 13.0 Å². The molecule has 1 atom stereocenters. The maximum atomic E-state index is 3.61. The van der Waals surface area contributed by atoms with Gasteiger partial charge in [0.1, 0.15) is 0 Å². The summed E-state index contributed by atoms with van der Waals surface area (Å²) in [6.07, 6.45) is 1.15. The quantitative estimate of drug-likeness (QED) is 0.791. The molecular weight excluding hydrogens is 214 g/mol. The largest absolute Gasteiger partial charge is 0.306 e. The van der Waals surface area contributed by atoms with Crippen LogP contribution in [0, 0.1) is 6.92 Å². The van der Waals surface area contributed by atoms with Crippen molar-refractivity contribution in [1.82, 2.24) is 5.32 Å². The van der Waals surface area contributed by atoms with Gasteiger partial charge >= 0.3 is 0 Å². The van der Waals surface area contributed by atoms with Gasteiger partial charge in [-0.1, -0.05) is 24.3 Å². The van der Waals surface area contributed by atoms with Gasteiger partial charge < -0.3 is 5.32 Å². The molecule has 0 fully saturated rings. The van der Waals surface area contributed by atoms with Crippen LogP contribution in [0.1, 0.15) is 27.6 Å². The normalized spacial score (nSPS) is 19.4. The summed E-state index contributed by atoms with van der Waals surface area (Å²) in [6, 6.07) is 11.5. The third-order valence-corrected chi connectivity index (χ3v) is 4.07. The van der Waals surface area contributed by atoms with Crippen molar-refractivity contribution >= 4 is 11.3 Å². The number of thiophene rings is 1. The van der Waals surface area contributed by atoms with E-state index in [1.807, 2.05) is 11.3 Å². The lowest BCUT2D eigenvalue weighted by atomic mass is 9.91. The topological polar surface area (TPSA) is 12.0 Å². The fraction of sp³-hybridized carbons (Fsp3) is 0.286. The highest BCUT2D eigenvalue weighted by Crippen LogP contribution is 2.30. The molecule has 1 aromatic carbocycles. The third-order valence-electron chi connectivity index (χ3n) is 3.19. The predicted octanol–water partition coefficient (Wildman–Crippen LogP) is 3.29. The van der Waals surface area contributed by atoms with Crippen LogP contribution in [0.3, 0.4) is 0 Å². The highest BCUT2D eigenvalue weighted by atomic mass is 32.1. The third kappa shape index (κ3) is 1.68. The van der Waals surface area contributed by atoms with Crippen LogP contribution >= 0.6 is 11.3 Å². The average molecular weight is 229 g/mol.